The SMILES string of the molecule is CCCCC(NC(=O)CCC(=O)c1ccc2c(c1)CCC2)C(=O)O. The second-order valence-electron chi connectivity index (χ2n) is 6.36. The summed E-state index contributed by atoms with van der Waals surface area (Å²) in [5.41, 5.74) is 3.18. The highest BCUT2D eigenvalue weighted by Gasteiger charge is 2.20. The Kier molecular flexibility index (Phi) is 6.53. The van der Waals surface area contributed by atoms with Crippen LogP contribution in [0.5, 0.6) is 0 Å². The zero-order valence-corrected chi connectivity index (χ0v) is 14.1. The van der Waals surface area contributed by atoms with Crippen molar-refractivity contribution >= 4 is 17.7 Å². The molecule has 5 nitrogen and oxygen atoms in total. The first-order valence-corrected chi connectivity index (χ1v) is 8.68. The predicted octanol–water partition coefficient (Wildman–Crippen LogP) is 2.90. The van der Waals surface area contributed by atoms with Crippen molar-refractivity contribution in [2.24, 2.45) is 0 Å². The lowest BCUT2D eigenvalue weighted by molar-refractivity contribution is -0.142. The zero-order chi connectivity index (χ0) is 17.5. The Morgan fingerprint density at radius 1 is 1.17 bits per heavy atom. The van der Waals surface area contributed by atoms with Crippen molar-refractivity contribution < 1.29 is 19.5 Å². The number of nitrogens with one attached hydrogen (secondary N) is 1. The molecular weight excluding hydrogens is 306 g/mol. The molecule has 0 saturated carbocycles. The number of ketones is 1. The van der Waals surface area contributed by atoms with Gasteiger partial charge >= 0.3 is 5.97 Å². The number of fused-ring (bicyclic) bond motifs is 1. The fraction of sp³-hybridized carbons (Fsp3) is 0.526. The van der Waals surface area contributed by atoms with Crippen molar-refractivity contribution in [1.82, 2.24) is 5.32 Å². The average Bonchev–Trinajstić information content (AvgIpc) is 3.03. The van der Waals surface area contributed by atoms with E-state index in [1.54, 1.807) is 0 Å². The quantitative estimate of drug-likeness (QED) is 0.682. The Morgan fingerprint density at radius 3 is 2.62 bits per heavy atom. The number of amides is 1. The molecule has 24 heavy (non-hydrogen) atoms. The van der Waals surface area contributed by atoms with Gasteiger partial charge in [0.25, 0.3) is 0 Å². The summed E-state index contributed by atoms with van der Waals surface area (Å²) in [5.74, 6) is -1.48. The number of carbonyl (C=O) groups excluding carboxylic acids is 2. The van der Waals surface area contributed by atoms with Gasteiger partial charge in [-0.1, -0.05) is 31.9 Å². The number of carboxylic acid groups (broad SMARTS) is 1. The summed E-state index contributed by atoms with van der Waals surface area (Å²) in [4.78, 5) is 35.3. The van der Waals surface area contributed by atoms with Gasteiger partial charge in [0.2, 0.25) is 5.91 Å². The van der Waals surface area contributed by atoms with Gasteiger partial charge in [-0.3, -0.25) is 9.59 Å². The summed E-state index contributed by atoms with van der Waals surface area (Å²) in [6, 6.07) is 4.89. The van der Waals surface area contributed by atoms with E-state index in [1.807, 2.05) is 25.1 Å². The molecule has 1 amide bonds. The molecule has 0 radical (unpaired) electrons. The van der Waals surface area contributed by atoms with Crippen LogP contribution < -0.4 is 5.32 Å². The summed E-state index contributed by atoms with van der Waals surface area (Å²) in [6.45, 7) is 1.97. The summed E-state index contributed by atoms with van der Waals surface area (Å²) in [5, 5.41) is 11.6. The molecule has 2 N–H and O–H groups in total. The maximum Gasteiger partial charge on any atom is 0.326 e. The van der Waals surface area contributed by atoms with E-state index in [0.29, 0.717) is 12.0 Å². The minimum absolute atomic E-state index is 0.0197. The van der Waals surface area contributed by atoms with Crippen LogP contribution in [0, 0.1) is 0 Å². The average molecular weight is 331 g/mol. The monoisotopic (exact) mass is 331 g/mol. The van der Waals surface area contributed by atoms with E-state index in [4.69, 9.17) is 5.11 Å². The summed E-state index contributed by atoms with van der Waals surface area (Å²) < 4.78 is 0. The molecule has 1 unspecified atom stereocenters. The number of hydrogen-bond donors (Lipinski definition) is 2. The molecule has 0 aliphatic heterocycles. The Bertz CT molecular complexity index is 624. The molecule has 0 fully saturated rings. The zero-order valence-electron chi connectivity index (χ0n) is 14.1. The standard InChI is InChI=1S/C19H25NO4/c1-2-3-7-16(19(23)24)20-18(22)11-10-17(21)15-9-8-13-5-4-6-14(13)12-15/h8-9,12,16H,2-7,10-11H2,1H3,(H,20,22)(H,23,24). The number of benzene rings is 1. The normalized spacial score (nSPS) is 14.0. The lowest BCUT2D eigenvalue weighted by Crippen LogP contribution is -2.40. The Hall–Kier alpha value is -2.17. The first-order chi connectivity index (χ1) is 11.5. The van der Waals surface area contributed by atoms with Gasteiger partial charge in [0.1, 0.15) is 6.04 Å². The van der Waals surface area contributed by atoms with Gasteiger partial charge < -0.3 is 10.4 Å². The van der Waals surface area contributed by atoms with Crippen molar-refractivity contribution in [3.8, 4) is 0 Å². The van der Waals surface area contributed by atoms with Crippen molar-refractivity contribution in [3.05, 3.63) is 34.9 Å². The van der Waals surface area contributed by atoms with Gasteiger partial charge in [-0.25, -0.2) is 4.79 Å². The van der Waals surface area contributed by atoms with Crippen molar-refractivity contribution in [3.63, 3.8) is 0 Å². The molecule has 1 aliphatic carbocycles. The number of carbonyl (C=O) groups is 3. The van der Waals surface area contributed by atoms with Crippen LogP contribution >= 0.6 is 0 Å². The van der Waals surface area contributed by atoms with Crippen molar-refractivity contribution in [2.75, 3.05) is 0 Å². The number of hydrogen-bond acceptors (Lipinski definition) is 3. The Morgan fingerprint density at radius 2 is 1.92 bits per heavy atom. The van der Waals surface area contributed by atoms with Gasteiger partial charge in [0, 0.05) is 18.4 Å². The molecule has 130 valence electrons. The maximum absolute atomic E-state index is 12.2. The number of aryl methyl sites for hydroxylation is 2. The van der Waals surface area contributed by atoms with Gasteiger partial charge in [0.05, 0.1) is 0 Å². The predicted molar refractivity (Wildman–Crippen MR) is 91.1 cm³/mol. The van der Waals surface area contributed by atoms with Crippen LogP contribution in [0.3, 0.4) is 0 Å². The molecular formula is C19H25NO4. The highest BCUT2D eigenvalue weighted by Crippen LogP contribution is 2.23. The molecule has 1 aliphatic rings. The van der Waals surface area contributed by atoms with Crippen LogP contribution in [0.15, 0.2) is 18.2 Å². The number of carboxylic acids is 1. The van der Waals surface area contributed by atoms with E-state index in [-0.39, 0.29) is 24.5 Å². The van der Waals surface area contributed by atoms with E-state index >= 15 is 0 Å². The minimum atomic E-state index is -1.03. The van der Waals surface area contributed by atoms with Crippen LogP contribution in [-0.4, -0.2) is 28.8 Å². The largest absolute Gasteiger partial charge is 0.480 e. The fourth-order valence-corrected chi connectivity index (χ4v) is 3.05. The van der Waals surface area contributed by atoms with E-state index in [2.05, 4.69) is 5.32 Å². The molecule has 5 heteroatoms. The van der Waals surface area contributed by atoms with Crippen LogP contribution in [0.2, 0.25) is 0 Å². The summed E-state index contributed by atoms with van der Waals surface area (Å²) in [7, 11) is 0. The van der Waals surface area contributed by atoms with Gasteiger partial charge in [-0.05, 0) is 42.9 Å². The van der Waals surface area contributed by atoms with Crippen LogP contribution in [0.4, 0.5) is 0 Å². The molecule has 1 atom stereocenters. The highest BCUT2D eigenvalue weighted by molar-refractivity contribution is 5.98. The lowest BCUT2D eigenvalue weighted by Gasteiger charge is -2.14. The van der Waals surface area contributed by atoms with Gasteiger partial charge in [0.15, 0.2) is 5.78 Å². The lowest BCUT2D eigenvalue weighted by atomic mass is 10.0. The fourth-order valence-electron chi connectivity index (χ4n) is 3.05. The first-order valence-electron chi connectivity index (χ1n) is 8.68. The molecule has 1 aromatic rings. The third-order valence-corrected chi connectivity index (χ3v) is 4.48. The molecule has 0 bridgehead atoms. The van der Waals surface area contributed by atoms with E-state index in [0.717, 1.165) is 32.1 Å². The van der Waals surface area contributed by atoms with E-state index in [9.17, 15) is 14.4 Å². The second-order valence-corrected chi connectivity index (χ2v) is 6.36. The molecule has 0 saturated heterocycles. The Balaban J connectivity index is 1.84. The summed E-state index contributed by atoms with van der Waals surface area (Å²) in [6.07, 6.45) is 5.35. The maximum atomic E-state index is 12.2. The molecule has 2 rings (SSSR count). The molecule has 0 heterocycles. The molecule has 1 aromatic carbocycles. The second kappa shape index (κ2) is 8.62. The molecule has 0 aromatic heterocycles. The van der Waals surface area contributed by atoms with Crippen LogP contribution in [0.1, 0.15) is 66.9 Å². The van der Waals surface area contributed by atoms with Crippen molar-refractivity contribution in [2.45, 2.75) is 64.3 Å². The topological polar surface area (TPSA) is 83.5 Å². The van der Waals surface area contributed by atoms with E-state index < -0.39 is 12.0 Å². The highest BCUT2D eigenvalue weighted by atomic mass is 16.4. The number of unbranched alkanes of at least 4 members (excludes halogenated alkanes) is 1. The molecule has 0 spiro atoms. The number of Topliss-reactive ketones (excluding diaryl/α,β-unsaturated/α-hetero) is 1. The summed E-state index contributed by atoms with van der Waals surface area (Å²) >= 11 is 0. The van der Waals surface area contributed by atoms with Gasteiger partial charge in [-0.15, -0.1) is 0 Å². The Labute approximate surface area is 142 Å². The first kappa shape index (κ1) is 18.2. The smallest absolute Gasteiger partial charge is 0.326 e. The van der Waals surface area contributed by atoms with Crippen LogP contribution in [0.25, 0.3) is 0 Å². The number of rotatable bonds is 9. The number of aliphatic carboxylic acids is 1. The van der Waals surface area contributed by atoms with Crippen LogP contribution in [-0.2, 0) is 22.4 Å². The van der Waals surface area contributed by atoms with Crippen molar-refractivity contribution in [1.29, 1.82) is 0 Å². The third-order valence-electron chi connectivity index (χ3n) is 4.48. The minimum Gasteiger partial charge on any atom is -0.480 e. The third kappa shape index (κ3) is 4.91. The van der Waals surface area contributed by atoms with Gasteiger partial charge in [-0.2, -0.15) is 0 Å². The van der Waals surface area contributed by atoms with E-state index in [1.165, 1.54) is 11.1 Å².